The third-order valence-corrected chi connectivity index (χ3v) is 5.47. The first kappa shape index (κ1) is 16.9. The molecule has 6 heteroatoms. The van der Waals surface area contributed by atoms with Gasteiger partial charge in [-0.2, -0.15) is 0 Å². The molecule has 1 saturated heterocycles. The summed E-state index contributed by atoms with van der Waals surface area (Å²) in [6.07, 6.45) is 1.96. The van der Waals surface area contributed by atoms with Gasteiger partial charge in [-0.15, -0.1) is 11.3 Å². The fourth-order valence-corrected chi connectivity index (χ4v) is 3.86. The minimum absolute atomic E-state index is 0.00522. The molecule has 1 amide bonds. The molecule has 1 aliphatic heterocycles. The number of aromatic nitrogens is 1. The van der Waals surface area contributed by atoms with E-state index in [1.807, 2.05) is 12.4 Å². The van der Waals surface area contributed by atoms with E-state index in [2.05, 4.69) is 39.5 Å². The lowest BCUT2D eigenvalue weighted by Crippen LogP contribution is -2.40. The second kappa shape index (κ2) is 7.77. The molecular formula is C18H24N4OS. The fraction of sp³-hybridized carbons (Fsp3) is 0.444. The quantitative estimate of drug-likeness (QED) is 0.845. The van der Waals surface area contributed by atoms with Crippen LogP contribution in [0, 0.1) is 12.8 Å². The van der Waals surface area contributed by atoms with Gasteiger partial charge in [-0.25, -0.2) is 4.98 Å². The van der Waals surface area contributed by atoms with Gasteiger partial charge in [0.2, 0.25) is 5.91 Å². The summed E-state index contributed by atoms with van der Waals surface area (Å²) in [4.78, 5) is 19.3. The average molecular weight is 344 g/mol. The number of aryl methyl sites for hydroxylation is 1. The molecule has 1 unspecified atom stereocenters. The Hall–Kier alpha value is -1.92. The van der Waals surface area contributed by atoms with E-state index in [9.17, 15) is 4.79 Å². The second-order valence-corrected chi connectivity index (χ2v) is 7.33. The summed E-state index contributed by atoms with van der Waals surface area (Å²) in [5.74, 6) is -0.176. The maximum atomic E-state index is 11.4. The van der Waals surface area contributed by atoms with Gasteiger partial charge in [0.05, 0.1) is 23.7 Å². The number of primary amides is 1. The molecule has 1 aliphatic rings. The third kappa shape index (κ3) is 4.33. The van der Waals surface area contributed by atoms with Crippen molar-refractivity contribution >= 4 is 22.9 Å². The van der Waals surface area contributed by atoms with Gasteiger partial charge in [-0.3, -0.25) is 9.69 Å². The molecule has 1 aromatic carbocycles. The van der Waals surface area contributed by atoms with Crippen LogP contribution in [0.4, 0.5) is 5.69 Å². The molecule has 3 rings (SSSR count). The molecule has 1 fully saturated rings. The predicted octanol–water partition coefficient (Wildman–Crippen LogP) is 2.76. The zero-order chi connectivity index (χ0) is 16.9. The third-order valence-electron chi connectivity index (χ3n) is 4.54. The largest absolute Gasteiger partial charge is 0.380 e. The van der Waals surface area contributed by atoms with Gasteiger partial charge in [0, 0.05) is 23.7 Å². The normalized spacial score (nSPS) is 18.5. The van der Waals surface area contributed by atoms with E-state index in [0.717, 1.165) is 50.4 Å². The van der Waals surface area contributed by atoms with Crippen molar-refractivity contribution in [3.63, 3.8) is 0 Å². The molecule has 1 atom stereocenters. The molecule has 2 heterocycles. The van der Waals surface area contributed by atoms with E-state index in [1.165, 1.54) is 10.4 Å². The first-order valence-electron chi connectivity index (χ1n) is 8.35. The summed E-state index contributed by atoms with van der Waals surface area (Å²) in [7, 11) is 0. The topological polar surface area (TPSA) is 71.2 Å². The van der Waals surface area contributed by atoms with Crippen molar-refractivity contribution < 1.29 is 4.79 Å². The maximum absolute atomic E-state index is 11.4. The highest BCUT2D eigenvalue weighted by atomic mass is 32.1. The Morgan fingerprint density at radius 2 is 2.38 bits per heavy atom. The molecule has 5 nitrogen and oxygen atoms in total. The van der Waals surface area contributed by atoms with Crippen LogP contribution in [0.3, 0.4) is 0 Å². The molecule has 3 N–H and O–H groups in total. The Kier molecular flexibility index (Phi) is 5.48. The van der Waals surface area contributed by atoms with E-state index < -0.39 is 0 Å². The number of nitrogens with one attached hydrogen (secondary N) is 1. The Bertz CT molecular complexity index is 700. The van der Waals surface area contributed by atoms with Crippen LogP contribution in [0.25, 0.3) is 0 Å². The Morgan fingerprint density at radius 3 is 3.12 bits per heavy atom. The van der Waals surface area contributed by atoms with Crippen LogP contribution in [0.2, 0.25) is 0 Å². The van der Waals surface area contributed by atoms with Gasteiger partial charge < -0.3 is 11.1 Å². The monoisotopic (exact) mass is 344 g/mol. The van der Waals surface area contributed by atoms with Crippen LogP contribution in [-0.2, 0) is 17.9 Å². The number of carbonyl (C=O) groups excluding carboxylic acids is 1. The van der Waals surface area contributed by atoms with E-state index in [0.29, 0.717) is 0 Å². The molecule has 0 bridgehead atoms. The minimum atomic E-state index is -0.171. The van der Waals surface area contributed by atoms with E-state index in [1.54, 1.807) is 11.3 Å². The number of amides is 1. The number of hydrogen-bond acceptors (Lipinski definition) is 5. The van der Waals surface area contributed by atoms with Crippen LogP contribution in [0.1, 0.15) is 29.0 Å². The fourth-order valence-electron chi connectivity index (χ4n) is 3.15. The van der Waals surface area contributed by atoms with Gasteiger partial charge >= 0.3 is 0 Å². The maximum Gasteiger partial charge on any atom is 0.221 e. The molecule has 128 valence electrons. The lowest BCUT2D eigenvalue weighted by Gasteiger charge is -2.31. The second-order valence-electron chi connectivity index (χ2n) is 6.39. The summed E-state index contributed by atoms with van der Waals surface area (Å²) in [6, 6.07) is 8.48. The number of benzene rings is 1. The highest BCUT2D eigenvalue weighted by Crippen LogP contribution is 2.20. The van der Waals surface area contributed by atoms with Crippen molar-refractivity contribution in [3.05, 3.63) is 45.9 Å². The molecule has 0 spiro atoms. The van der Waals surface area contributed by atoms with E-state index in [-0.39, 0.29) is 11.8 Å². The number of likely N-dealkylation sites (tertiary alicyclic amines) is 1. The minimum Gasteiger partial charge on any atom is -0.380 e. The van der Waals surface area contributed by atoms with Crippen molar-refractivity contribution in [2.75, 3.05) is 18.4 Å². The summed E-state index contributed by atoms with van der Waals surface area (Å²) in [5.41, 5.74) is 10.8. The van der Waals surface area contributed by atoms with Crippen molar-refractivity contribution in [2.24, 2.45) is 11.7 Å². The zero-order valence-electron chi connectivity index (χ0n) is 14.0. The molecular weight excluding hydrogens is 320 g/mol. The Morgan fingerprint density at radius 1 is 1.50 bits per heavy atom. The van der Waals surface area contributed by atoms with Crippen LogP contribution < -0.4 is 11.1 Å². The number of rotatable bonds is 6. The first-order chi connectivity index (χ1) is 11.6. The van der Waals surface area contributed by atoms with Crippen molar-refractivity contribution in [1.82, 2.24) is 9.88 Å². The summed E-state index contributed by atoms with van der Waals surface area (Å²) in [6.45, 7) is 5.50. The van der Waals surface area contributed by atoms with Crippen molar-refractivity contribution in [2.45, 2.75) is 32.9 Å². The summed E-state index contributed by atoms with van der Waals surface area (Å²) < 4.78 is 0. The van der Waals surface area contributed by atoms with Crippen molar-refractivity contribution in [1.29, 1.82) is 0 Å². The number of nitrogens with two attached hydrogens (primary N) is 1. The molecule has 1 aromatic heterocycles. The smallest absolute Gasteiger partial charge is 0.221 e. The molecule has 0 saturated carbocycles. The highest BCUT2D eigenvalue weighted by Gasteiger charge is 2.23. The van der Waals surface area contributed by atoms with Crippen LogP contribution >= 0.6 is 11.3 Å². The van der Waals surface area contributed by atoms with Gasteiger partial charge in [0.1, 0.15) is 0 Å². The highest BCUT2D eigenvalue weighted by molar-refractivity contribution is 7.09. The SMILES string of the molecule is Cc1ncsc1CNc1cccc(CN2CCCC(C(N)=O)C2)c1. The standard InChI is InChI=1S/C18H24N4OS/c1-13-17(24-12-21-13)9-20-16-6-2-4-14(8-16)10-22-7-3-5-15(11-22)18(19)23/h2,4,6,8,12,15,20H,3,5,7,9-11H2,1H3,(H2,19,23). The van der Waals surface area contributed by atoms with E-state index in [4.69, 9.17) is 5.73 Å². The first-order valence-corrected chi connectivity index (χ1v) is 9.23. The van der Waals surface area contributed by atoms with Gasteiger partial charge in [-0.05, 0) is 44.0 Å². The average Bonchev–Trinajstić information content (AvgIpc) is 2.99. The Labute approximate surface area is 146 Å². The number of anilines is 1. The van der Waals surface area contributed by atoms with Crippen LogP contribution in [-0.4, -0.2) is 28.9 Å². The summed E-state index contributed by atoms with van der Waals surface area (Å²) >= 11 is 1.68. The van der Waals surface area contributed by atoms with E-state index >= 15 is 0 Å². The molecule has 2 aromatic rings. The van der Waals surface area contributed by atoms with Gasteiger partial charge in [0.25, 0.3) is 0 Å². The lowest BCUT2D eigenvalue weighted by molar-refractivity contribution is -0.123. The van der Waals surface area contributed by atoms with Crippen molar-refractivity contribution in [3.8, 4) is 0 Å². The van der Waals surface area contributed by atoms with Crippen LogP contribution in [0.15, 0.2) is 29.8 Å². The number of thiazole rings is 1. The van der Waals surface area contributed by atoms with Gasteiger partial charge in [-0.1, -0.05) is 12.1 Å². The van der Waals surface area contributed by atoms with Gasteiger partial charge in [0.15, 0.2) is 0 Å². The molecule has 0 aliphatic carbocycles. The number of piperidine rings is 1. The molecule has 0 radical (unpaired) electrons. The Balaban J connectivity index is 1.58. The number of carbonyl (C=O) groups is 1. The summed E-state index contributed by atoms with van der Waals surface area (Å²) in [5, 5.41) is 3.47. The number of hydrogen-bond donors (Lipinski definition) is 2. The zero-order valence-corrected chi connectivity index (χ0v) is 14.8. The number of nitrogens with zero attached hydrogens (tertiary/aromatic N) is 2. The molecule has 24 heavy (non-hydrogen) atoms. The van der Waals surface area contributed by atoms with Crippen LogP contribution in [0.5, 0.6) is 0 Å². The predicted molar refractivity (Wildman–Crippen MR) is 97.8 cm³/mol. The lowest BCUT2D eigenvalue weighted by atomic mass is 9.97.